The topological polar surface area (TPSA) is 45.6 Å². The highest BCUT2D eigenvalue weighted by Gasteiger charge is 2.27. The van der Waals surface area contributed by atoms with Gasteiger partial charge in [0.05, 0.1) is 18.9 Å². The van der Waals surface area contributed by atoms with Gasteiger partial charge in [0.15, 0.2) is 0 Å². The molecule has 0 aliphatic carbocycles. The SMILES string of the molecule is COC1CCN(c2ncc(F)cc2CO)C(C)C1. The average Bonchev–Trinajstić information content (AvgIpc) is 2.39. The molecular formula is C13H19FN2O2. The van der Waals surface area contributed by atoms with Crippen LogP contribution in [0, 0.1) is 5.82 Å². The predicted molar refractivity (Wildman–Crippen MR) is 67.0 cm³/mol. The molecule has 2 heterocycles. The van der Waals surface area contributed by atoms with E-state index in [4.69, 9.17) is 4.74 Å². The lowest BCUT2D eigenvalue weighted by Gasteiger charge is -2.38. The molecule has 2 atom stereocenters. The van der Waals surface area contributed by atoms with Crippen molar-refractivity contribution in [1.29, 1.82) is 0 Å². The highest BCUT2D eigenvalue weighted by molar-refractivity contribution is 5.48. The molecule has 1 aliphatic heterocycles. The van der Waals surface area contributed by atoms with Gasteiger partial charge in [-0.1, -0.05) is 0 Å². The summed E-state index contributed by atoms with van der Waals surface area (Å²) in [6.45, 7) is 2.71. The number of aromatic nitrogens is 1. The standard InChI is InChI=1S/C13H19FN2O2/c1-9-5-12(18-2)3-4-16(9)13-10(8-17)6-11(14)7-15-13/h6-7,9,12,17H,3-5,8H2,1-2H3. The Hall–Kier alpha value is -1.20. The number of anilines is 1. The van der Waals surface area contributed by atoms with Gasteiger partial charge < -0.3 is 14.7 Å². The van der Waals surface area contributed by atoms with E-state index < -0.39 is 5.82 Å². The highest BCUT2D eigenvalue weighted by Crippen LogP contribution is 2.27. The second-order valence-corrected chi connectivity index (χ2v) is 4.72. The van der Waals surface area contributed by atoms with Crippen molar-refractivity contribution in [1.82, 2.24) is 4.98 Å². The Labute approximate surface area is 106 Å². The Kier molecular flexibility index (Phi) is 4.14. The van der Waals surface area contributed by atoms with E-state index in [2.05, 4.69) is 16.8 Å². The van der Waals surface area contributed by atoms with Gasteiger partial charge in [0.2, 0.25) is 0 Å². The minimum absolute atomic E-state index is 0.197. The van der Waals surface area contributed by atoms with Gasteiger partial charge in [-0.25, -0.2) is 9.37 Å². The first-order valence-corrected chi connectivity index (χ1v) is 6.20. The van der Waals surface area contributed by atoms with E-state index in [0.29, 0.717) is 11.4 Å². The second-order valence-electron chi connectivity index (χ2n) is 4.72. The van der Waals surface area contributed by atoms with Crippen LogP contribution < -0.4 is 4.90 Å². The summed E-state index contributed by atoms with van der Waals surface area (Å²) in [4.78, 5) is 6.24. The number of ether oxygens (including phenoxy) is 1. The van der Waals surface area contributed by atoms with Gasteiger partial charge in [-0.15, -0.1) is 0 Å². The summed E-state index contributed by atoms with van der Waals surface area (Å²) in [6, 6.07) is 1.62. The fourth-order valence-electron chi connectivity index (χ4n) is 2.51. The van der Waals surface area contributed by atoms with Crippen LogP contribution in [0.3, 0.4) is 0 Å². The molecule has 18 heavy (non-hydrogen) atoms. The predicted octanol–water partition coefficient (Wildman–Crippen LogP) is 1.72. The van der Waals surface area contributed by atoms with E-state index in [9.17, 15) is 9.50 Å². The monoisotopic (exact) mass is 254 g/mol. The van der Waals surface area contributed by atoms with E-state index in [-0.39, 0.29) is 18.8 Å². The van der Waals surface area contributed by atoms with Crippen LogP contribution in [0.2, 0.25) is 0 Å². The van der Waals surface area contributed by atoms with E-state index in [1.54, 1.807) is 7.11 Å². The third kappa shape index (κ3) is 2.62. The molecule has 1 fully saturated rings. The Balaban J connectivity index is 2.21. The summed E-state index contributed by atoms with van der Waals surface area (Å²) in [6.07, 6.45) is 3.31. The number of hydrogen-bond donors (Lipinski definition) is 1. The average molecular weight is 254 g/mol. The van der Waals surface area contributed by atoms with Gasteiger partial charge in [-0.05, 0) is 25.8 Å². The minimum Gasteiger partial charge on any atom is -0.392 e. The fourth-order valence-corrected chi connectivity index (χ4v) is 2.51. The van der Waals surface area contributed by atoms with Gasteiger partial charge in [-0.2, -0.15) is 0 Å². The van der Waals surface area contributed by atoms with Crippen molar-refractivity contribution >= 4 is 5.82 Å². The molecule has 0 bridgehead atoms. The van der Waals surface area contributed by atoms with Crippen LogP contribution in [0.25, 0.3) is 0 Å². The van der Waals surface area contributed by atoms with Gasteiger partial charge >= 0.3 is 0 Å². The van der Waals surface area contributed by atoms with Crippen molar-refractivity contribution in [2.75, 3.05) is 18.6 Å². The van der Waals surface area contributed by atoms with Crippen molar-refractivity contribution in [3.05, 3.63) is 23.6 Å². The molecule has 0 amide bonds. The number of pyridine rings is 1. The highest BCUT2D eigenvalue weighted by atomic mass is 19.1. The molecule has 2 rings (SSSR count). The van der Waals surface area contributed by atoms with Crippen molar-refractivity contribution < 1.29 is 14.2 Å². The summed E-state index contributed by atoms with van der Waals surface area (Å²) < 4.78 is 18.5. The Bertz CT molecular complexity index is 414. The van der Waals surface area contributed by atoms with Crippen LogP contribution in [-0.2, 0) is 11.3 Å². The third-order valence-corrected chi connectivity index (χ3v) is 3.51. The van der Waals surface area contributed by atoms with Crippen LogP contribution in [-0.4, -0.2) is 35.9 Å². The molecule has 1 saturated heterocycles. The number of methoxy groups -OCH3 is 1. The van der Waals surface area contributed by atoms with Crippen molar-refractivity contribution in [3.8, 4) is 0 Å². The maximum Gasteiger partial charge on any atom is 0.142 e. The van der Waals surface area contributed by atoms with Gasteiger partial charge in [-0.3, -0.25) is 0 Å². The van der Waals surface area contributed by atoms with Crippen LogP contribution >= 0.6 is 0 Å². The van der Waals surface area contributed by atoms with Crippen molar-refractivity contribution in [2.45, 2.75) is 38.5 Å². The number of aliphatic hydroxyl groups excluding tert-OH is 1. The molecule has 0 radical (unpaired) electrons. The largest absolute Gasteiger partial charge is 0.392 e. The summed E-state index contributed by atoms with van der Waals surface area (Å²) in [7, 11) is 1.72. The van der Waals surface area contributed by atoms with E-state index in [0.717, 1.165) is 19.4 Å². The zero-order chi connectivity index (χ0) is 13.1. The third-order valence-electron chi connectivity index (χ3n) is 3.51. The quantitative estimate of drug-likeness (QED) is 0.892. The summed E-state index contributed by atoms with van der Waals surface area (Å²) >= 11 is 0. The fraction of sp³-hybridized carbons (Fsp3) is 0.615. The zero-order valence-corrected chi connectivity index (χ0v) is 10.8. The van der Waals surface area contributed by atoms with Crippen molar-refractivity contribution in [2.24, 2.45) is 0 Å². The number of nitrogens with zero attached hydrogens (tertiary/aromatic N) is 2. The summed E-state index contributed by atoms with van der Waals surface area (Å²) in [5, 5.41) is 9.30. The minimum atomic E-state index is -0.415. The van der Waals surface area contributed by atoms with Gasteiger partial charge in [0, 0.05) is 25.3 Å². The molecule has 5 heteroatoms. The maximum absolute atomic E-state index is 13.1. The number of piperidine rings is 1. The number of hydrogen-bond acceptors (Lipinski definition) is 4. The molecule has 2 unspecified atom stereocenters. The molecule has 4 nitrogen and oxygen atoms in total. The molecule has 1 N–H and O–H groups in total. The molecule has 1 aliphatic rings. The van der Waals surface area contributed by atoms with Crippen LogP contribution in [0.5, 0.6) is 0 Å². The normalized spacial score (nSPS) is 24.3. The first kappa shape index (κ1) is 13.2. The Morgan fingerprint density at radius 2 is 2.39 bits per heavy atom. The summed E-state index contributed by atoms with van der Waals surface area (Å²) in [5.41, 5.74) is 0.540. The van der Waals surface area contributed by atoms with Crippen LogP contribution in [0.15, 0.2) is 12.3 Å². The lowest BCUT2D eigenvalue weighted by Crippen LogP contribution is -2.44. The molecule has 100 valence electrons. The number of rotatable bonds is 3. The Morgan fingerprint density at radius 3 is 3.00 bits per heavy atom. The first-order chi connectivity index (χ1) is 8.65. The number of aliphatic hydroxyl groups is 1. The summed E-state index contributed by atoms with van der Waals surface area (Å²) in [5.74, 6) is 0.267. The van der Waals surface area contributed by atoms with Crippen LogP contribution in [0.1, 0.15) is 25.3 Å². The number of halogens is 1. The molecule has 0 saturated carbocycles. The lowest BCUT2D eigenvalue weighted by atomic mass is 10.00. The first-order valence-electron chi connectivity index (χ1n) is 6.20. The molecule has 0 aromatic carbocycles. The molecule has 1 aromatic rings. The van der Waals surface area contributed by atoms with Gasteiger partial charge in [0.1, 0.15) is 11.6 Å². The van der Waals surface area contributed by atoms with Gasteiger partial charge in [0.25, 0.3) is 0 Å². The van der Waals surface area contributed by atoms with E-state index in [1.165, 1.54) is 12.3 Å². The zero-order valence-electron chi connectivity index (χ0n) is 10.8. The molecular weight excluding hydrogens is 235 g/mol. The lowest BCUT2D eigenvalue weighted by molar-refractivity contribution is 0.0718. The molecule has 1 aromatic heterocycles. The Morgan fingerprint density at radius 1 is 1.61 bits per heavy atom. The van der Waals surface area contributed by atoms with Crippen molar-refractivity contribution in [3.63, 3.8) is 0 Å². The van der Waals surface area contributed by atoms with Crippen LogP contribution in [0.4, 0.5) is 10.2 Å². The maximum atomic E-state index is 13.1. The second kappa shape index (κ2) is 5.63. The smallest absolute Gasteiger partial charge is 0.142 e. The van der Waals surface area contributed by atoms with E-state index >= 15 is 0 Å². The van der Waals surface area contributed by atoms with E-state index in [1.807, 2.05) is 0 Å². The molecule has 0 spiro atoms.